The molecule has 0 atom stereocenters. The van der Waals surface area contributed by atoms with Crippen molar-refractivity contribution in [1.82, 2.24) is 9.38 Å². The number of hydrogen-bond donors (Lipinski definition) is 1. The predicted molar refractivity (Wildman–Crippen MR) is 99.7 cm³/mol. The van der Waals surface area contributed by atoms with Crippen LogP contribution in [-0.2, 0) is 12.8 Å². The second kappa shape index (κ2) is 6.73. The van der Waals surface area contributed by atoms with E-state index in [0.29, 0.717) is 16.2 Å². The molecule has 1 aliphatic rings. The number of nitriles is 1. The van der Waals surface area contributed by atoms with Crippen LogP contribution in [0.2, 0.25) is 0 Å². The zero-order valence-corrected chi connectivity index (χ0v) is 14.8. The molecular formula is C19H16N4O2S. The summed E-state index contributed by atoms with van der Waals surface area (Å²) in [6.07, 6.45) is 7.99. The van der Waals surface area contributed by atoms with Gasteiger partial charge in [-0.2, -0.15) is 5.26 Å². The quantitative estimate of drug-likeness (QED) is 0.708. The highest BCUT2D eigenvalue weighted by molar-refractivity contribution is 7.16. The molecule has 7 heteroatoms. The fraction of sp³-hybridized carbons (Fsp3) is 0.263. The first-order valence-electron chi connectivity index (χ1n) is 8.51. The fourth-order valence-corrected chi connectivity index (χ4v) is 4.54. The summed E-state index contributed by atoms with van der Waals surface area (Å²) in [6, 6.07) is 7.42. The van der Waals surface area contributed by atoms with Crippen LogP contribution in [0.25, 0.3) is 5.65 Å². The summed E-state index contributed by atoms with van der Waals surface area (Å²) in [5.41, 5.74) is 1.60. The summed E-state index contributed by atoms with van der Waals surface area (Å²) in [4.78, 5) is 30.5. The van der Waals surface area contributed by atoms with Gasteiger partial charge in [-0.3, -0.25) is 14.0 Å². The van der Waals surface area contributed by atoms with Crippen molar-refractivity contribution in [3.63, 3.8) is 0 Å². The molecule has 0 spiro atoms. The van der Waals surface area contributed by atoms with Crippen LogP contribution >= 0.6 is 11.3 Å². The molecule has 1 aliphatic carbocycles. The lowest BCUT2D eigenvalue weighted by molar-refractivity contribution is 0.102. The minimum atomic E-state index is -0.534. The van der Waals surface area contributed by atoms with Gasteiger partial charge in [0.25, 0.3) is 11.5 Å². The summed E-state index contributed by atoms with van der Waals surface area (Å²) in [7, 11) is 0. The molecule has 4 rings (SSSR count). The Balaban J connectivity index is 1.70. The molecule has 130 valence electrons. The SMILES string of the molecule is N#Cc1c(NC(=O)c2cnc3ccccn3c2=O)sc2c1CCCCC2. The first kappa shape index (κ1) is 16.5. The van der Waals surface area contributed by atoms with E-state index in [1.165, 1.54) is 26.8 Å². The molecule has 0 saturated heterocycles. The average Bonchev–Trinajstić information content (AvgIpc) is 2.81. The van der Waals surface area contributed by atoms with Crippen molar-refractivity contribution >= 4 is 27.9 Å². The summed E-state index contributed by atoms with van der Waals surface area (Å²) in [5, 5.41) is 12.9. The van der Waals surface area contributed by atoms with Crippen LogP contribution in [0.1, 0.15) is 45.6 Å². The van der Waals surface area contributed by atoms with Gasteiger partial charge in [-0.15, -0.1) is 11.3 Å². The summed E-state index contributed by atoms with van der Waals surface area (Å²) < 4.78 is 1.34. The third kappa shape index (κ3) is 2.78. The highest BCUT2D eigenvalue weighted by atomic mass is 32.1. The topological polar surface area (TPSA) is 87.3 Å². The zero-order chi connectivity index (χ0) is 18.1. The van der Waals surface area contributed by atoms with Crippen molar-refractivity contribution in [2.75, 3.05) is 5.32 Å². The smallest absolute Gasteiger partial charge is 0.270 e. The van der Waals surface area contributed by atoms with E-state index in [1.807, 2.05) is 0 Å². The van der Waals surface area contributed by atoms with Crippen molar-refractivity contribution in [3.05, 3.63) is 62.5 Å². The van der Waals surface area contributed by atoms with Gasteiger partial charge in [0.2, 0.25) is 0 Å². The van der Waals surface area contributed by atoms with Gasteiger partial charge in [-0.1, -0.05) is 12.5 Å². The van der Waals surface area contributed by atoms with Crippen LogP contribution in [0.4, 0.5) is 5.00 Å². The van der Waals surface area contributed by atoms with Crippen LogP contribution in [0.5, 0.6) is 0 Å². The first-order chi connectivity index (χ1) is 12.7. The molecule has 1 amide bonds. The lowest BCUT2D eigenvalue weighted by Gasteiger charge is -2.05. The van der Waals surface area contributed by atoms with Crippen LogP contribution in [0, 0.1) is 11.3 Å². The van der Waals surface area contributed by atoms with Gasteiger partial charge in [0, 0.05) is 17.3 Å². The Bertz CT molecular complexity index is 1110. The largest absolute Gasteiger partial charge is 0.312 e. The fourth-order valence-electron chi connectivity index (χ4n) is 3.30. The van der Waals surface area contributed by atoms with E-state index in [4.69, 9.17) is 0 Å². The molecule has 3 aromatic heterocycles. The first-order valence-corrected chi connectivity index (χ1v) is 9.33. The number of amides is 1. The van der Waals surface area contributed by atoms with E-state index >= 15 is 0 Å². The van der Waals surface area contributed by atoms with Gasteiger partial charge in [-0.25, -0.2) is 4.98 Å². The number of carbonyl (C=O) groups excluding carboxylic acids is 1. The van der Waals surface area contributed by atoms with Gasteiger partial charge in [-0.05, 0) is 43.4 Å². The number of pyridine rings is 1. The predicted octanol–water partition coefficient (Wildman–Crippen LogP) is 3.15. The summed E-state index contributed by atoms with van der Waals surface area (Å²) in [6.45, 7) is 0. The Labute approximate surface area is 153 Å². The Morgan fingerprint density at radius 3 is 2.96 bits per heavy atom. The van der Waals surface area contributed by atoms with Gasteiger partial charge in [0.1, 0.15) is 22.3 Å². The van der Waals surface area contributed by atoms with Crippen molar-refractivity contribution in [2.45, 2.75) is 32.1 Å². The maximum absolute atomic E-state index is 12.7. The highest BCUT2D eigenvalue weighted by Crippen LogP contribution is 2.37. The van der Waals surface area contributed by atoms with Crippen LogP contribution in [0.3, 0.4) is 0 Å². The lowest BCUT2D eigenvalue weighted by atomic mass is 10.1. The van der Waals surface area contributed by atoms with E-state index in [9.17, 15) is 14.9 Å². The molecule has 6 nitrogen and oxygen atoms in total. The highest BCUT2D eigenvalue weighted by Gasteiger charge is 2.22. The maximum Gasteiger partial charge on any atom is 0.270 e. The number of hydrogen-bond acceptors (Lipinski definition) is 5. The number of aromatic nitrogens is 2. The monoisotopic (exact) mass is 364 g/mol. The third-order valence-corrected chi connectivity index (χ3v) is 5.83. The Hall–Kier alpha value is -2.98. The maximum atomic E-state index is 12.7. The zero-order valence-electron chi connectivity index (χ0n) is 14.0. The van der Waals surface area contributed by atoms with E-state index in [2.05, 4.69) is 16.4 Å². The van der Waals surface area contributed by atoms with E-state index in [0.717, 1.165) is 37.7 Å². The van der Waals surface area contributed by atoms with Gasteiger partial charge < -0.3 is 5.32 Å². The minimum Gasteiger partial charge on any atom is -0.312 e. The van der Waals surface area contributed by atoms with Crippen molar-refractivity contribution < 1.29 is 4.79 Å². The van der Waals surface area contributed by atoms with Gasteiger partial charge >= 0.3 is 0 Å². The molecule has 0 fully saturated rings. The second-order valence-electron chi connectivity index (χ2n) is 6.24. The summed E-state index contributed by atoms with van der Waals surface area (Å²) in [5.74, 6) is -0.534. The number of nitrogens with one attached hydrogen (secondary N) is 1. The molecular weight excluding hydrogens is 348 g/mol. The molecule has 0 bridgehead atoms. The molecule has 0 saturated carbocycles. The number of rotatable bonds is 2. The average molecular weight is 364 g/mol. The van der Waals surface area contributed by atoms with Crippen molar-refractivity contribution in [1.29, 1.82) is 5.26 Å². The third-order valence-electron chi connectivity index (χ3n) is 4.62. The number of carbonyl (C=O) groups is 1. The molecule has 0 unspecified atom stereocenters. The molecule has 0 aromatic carbocycles. The second-order valence-corrected chi connectivity index (χ2v) is 7.35. The lowest BCUT2D eigenvalue weighted by Crippen LogP contribution is -2.26. The van der Waals surface area contributed by atoms with Gasteiger partial charge in [0.05, 0.1) is 5.56 Å². The van der Waals surface area contributed by atoms with Crippen molar-refractivity contribution in [3.8, 4) is 6.07 Å². The number of nitrogens with zero attached hydrogens (tertiary/aromatic N) is 3. The minimum absolute atomic E-state index is 0.0406. The van der Waals surface area contributed by atoms with Gasteiger partial charge in [0.15, 0.2) is 0 Å². The normalized spacial score (nSPS) is 13.7. The number of anilines is 1. The molecule has 3 heterocycles. The standard InChI is InChI=1S/C19H16N4O2S/c20-10-13-12-6-2-1-3-7-15(12)26-18(13)22-17(24)14-11-21-16-8-4-5-9-23(16)19(14)25/h4-5,8-9,11H,1-3,6-7H2,(H,22,24). The Morgan fingerprint density at radius 2 is 2.12 bits per heavy atom. The van der Waals surface area contributed by atoms with E-state index in [-0.39, 0.29) is 5.56 Å². The van der Waals surface area contributed by atoms with Crippen molar-refractivity contribution in [2.24, 2.45) is 0 Å². The molecule has 0 radical (unpaired) electrons. The Morgan fingerprint density at radius 1 is 1.27 bits per heavy atom. The van der Waals surface area contributed by atoms with E-state index < -0.39 is 11.5 Å². The van der Waals surface area contributed by atoms with Crippen LogP contribution < -0.4 is 10.9 Å². The number of thiophene rings is 1. The molecule has 0 aliphatic heterocycles. The van der Waals surface area contributed by atoms with Crippen LogP contribution in [0.15, 0.2) is 35.4 Å². The van der Waals surface area contributed by atoms with Crippen LogP contribution in [-0.4, -0.2) is 15.3 Å². The van der Waals surface area contributed by atoms with E-state index in [1.54, 1.807) is 24.4 Å². The molecule has 1 N–H and O–H groups in total. The Kier molecular flexibility index (Phi) is 4.27. The number of aryl methyl sites for hydroxylation is 1. The number of fused-ring (bicyclic) bond motifs is 2. The summed E-state index contributed by atoms with van der Waals surface area (Å²) >= 11 is 1.45. The molecule has 3 aromatic rings. The molecule has 26 heavy (non-hydrogen) atoms.